The molecule has 0 aromatic heterocycles. The summed E-state index contributed by atoms with van der Waals surface area (Å²) in [6, 6.07) is 0.805. The third kappa shape index (κ3) is 3.94. The van der Waals surface area contributed by atoms with Gasteiger partial charge in [-0.15, -0.1) is 0 Å². The molecule has 2 fully saturated rings. The van der Waals surface area contributed by atoms with Gasteiger partial charge in [-0.2, -0.15) is 11.8 Å². The standard InChI is InChI=1S/C13H26N2S/c1-2-6-15-7-5-12(10-15)9-14-13-4-3-8-16-11-13/h12-14H,2-11H2,1H3. The molecule has 2 unspecified atom stereocenters. The lowest BCUT2D eigenvalue weighted by Gasteiger charge is -2.24. The van der Waals surface area contributed by atoms with Crippen LogP contribution in [-0.2, 0) is 0 Å². The van der Waals surface area contributed by atoms with Crippen LogP contribution in [0.5, 0.6) is 0 Å². The van der Waals surface area contributed by atoms with Crippen LogP contribution in [0, 0.1) is 5.92 Å². The summed E-state index contributed by atoms with van der Waals surface area (Å²) in [7, 11) is 0. The van der Waals surface area contributed by atoms with E-state index >= 15 is 0 Å². The summed E-state index contributed by atoms with van der Waals surface area (Å²) < 4.78 is 0. The normalized spacial score (nSPS) is 32.1. The van der Waals surface area contributed by atoms with Crippen molar-refractivity contribution in [1.29, 1.82) is 0 Å². The van der Waals surface area contributed by atoms with Crippen molar-refractivity contribution in [3.63, 3.8) is 0 Å². The number of likely N-dealkylation sites (tertiary alicyclic amines) is 1. The largest absolute Gasteiger partial charge is 0.313 e. The molecule has 0 radical (unpaired) electrons. The molecule has 2 aliphatic rings. The van der Waals surface area contributed by atoms with Crippen molar-refractivity contribution in [2.75, 3.05) is 37.7 Å². The molecule has 2 nitrogen and oxygen atoms in total. The van der Waals surface area contributed by atoms with E-state index in [2.05, 4.69) is 28.9 Å². The first-order valence-corrected chi connectivity index (χ1v) is 8.07. The number of hydrogen-bond acceptors (Lipinski definition) is 3. The summed E-state index contributed by atoms with van der Waals surface area (Å²) in [5.41, 5.74) is 0. The Balaban J connectivity index is 1.59. The highest BCUT2D eigenvalue weighted by Gasteiger charge is 2.22. The van der Waals surface area contributed by atoms with Gasteiger partial charge >= 0.3 is 0 Å². The molecule has 1 N–H and O–H groups in total. The fourth-order valence-electron chi connectivity index (χ4n) is 2.83. The monoisotopic (exact) mass is 242 g/mol. The van der Waals surface area contributed by atoms with E-state index in [9.17, 15) is 0 Å². The average molecular weight is 242 g/mol. The number of rotatable bonds is 5. The van der Waals surface area contributed by atoms with Gasteiger partial charge in [0.15, 0.2) is 0 Å². The highest BCUT2D eigenvalue weighted by atomic mass is 32.2. The van der Waals surface area contributed by atoms with E-state index in [-0.39, 0.29) is 0 Å². The quantitative estimate of drug-likeness (QED) is 0.796. The third-order valence-electron chi connectivity index (χ3n) is 3.77. The Morgan fingerprint density at radius 3 is 3.06 bits per heavy atom. The van der Waals surface area contributed by atoms with Crippen LogP contribution in [0.3, 0.4) is 0 Å². The van der Waals surface area contributed by atoms with E-state index in [1.54, 1.807) is 0 Å². The Labute approximate surface area is 105 Å². The Hall–Kier alpha value is 0.270. The second-order valence-corrected chi connectivity index (χ2v) is 6.43. The Bertz CT molecular complexity index is 192. The van der Waals surface area contributed by atoms with Gasteiger partial charge in [-0.25, -0.2) is 0 Å². The van der Waals surface area contributed by atoms with Crippen LogP contribution in [0.4, 0.5) is 0 Å². The zero-order valence-electron chi connectivity index (χ0n) is 10.6. The van der Waals surface area contributed by atoms with Crippen molar-refractivity contribution in [2.24, 2.45) is 5.92 Å². The molecule has 0 amide bonds. The Morgan fingerprint density at radius 2 is 2.31 bits per heavy atom. The number of nitrogens with zero attached hydrogens (tertiary/aromatic N) is 1. The predicted octanol–water partition coefficient (Wildman–Crippen LogP) is 2.20. The summed E-state index contributed by atoms with van der Waals surface area (Å²) in [5, 5.41) is 3.78. The SMILES string of the molecule is CCCN1CCC(CNC2CCCSC2)C1. The molecule has 94 valence electrons. The molecular weight excluding hydrogens is 216 g/mol. The summed E-state index contributed by atoms with van der Waals surface area (Å²) in [6.07, 6.45) is 5.53. The minimum absolute atomic E-state index is 0.805. The molecular formula is C13H26N2S. The fraction of sp³-hybridized carbons (Fsp3) is 1.00. The molecule has 0 bridgehead atoms. The maximum Gasteiger partial charge on any atom is 0.0158 e. The van der Waals surface area contributed by atoms with Crippen LogP contribution in [0.1, 0.15) is 32.6 Å². The van der Waals surface area contributed by atoms with Crippen molar-refractivity contribution < 1.29 is 0 Å². The van der Waals surface area contributed by atoms with Crippen molar-refractivity contribution >= 4 is 11.8 Å². The van der Waals surface area contributed by atoms with Gasteiger partial charge in [-0.1, -0.05) is 6.92 Å². The second-order valence-electron chi connectivity index (χ2n) is 5.28. The van der Waals surface area contributed by atoms with Gasteiger partial charge in [-0.05, 0) is 57.0 Å². The maximum atomic E-state index is 3.78. The lowest BCUT2D eigenvalue weighted by molar-refractivity contribution is 0.319. The molecule has 2 aliphatic heterocycles. The molecule has 16 heavy (non-hydrogen) atoms. The second kappa shape index (κ2) is 6.87. The first-order chi connectivity index (χ1) is 7.88. The first kappa shape index (κ1) is 12.7. The lowest BCUT2D eigenvalue weighted by Crippen LogP contribution is -2.37. The minimum Gasteiger partial charge on any atom is -0.313 e. The molecule has 0 aromatic rings. The maximum absolute atomic E-state index is 3.78. The van der Waals surface area contributed by atoms with E-state index in [1.807, 2.05) is 0 Å². The molecule has 2 heterocycles. The van der Waals surface area contributed by atoms with Crippen molar-refractivity contribution in [3.05, 3.63) is 0 Å². The topological polar surface area (TPSA) is 15.3 Å². The van der Waals surface area contributed by atoms with Gasteiger partial charge in [0.05, 0.1) is 0 Å². The average Bonchev–Trinajstić information content (AvgIpc) is 2.76. The van der Waals surface area contributed by atoms with Crippen LogP contribution < -0.4 is 5.32 Å². The molecule has 0 aliphatic carbocycles. The summed E-state index contributed by atoms with van der Waals surface area (Å²) in [6.45, 7) is 7.51. The third-order valence-corrected chi connectivity index (χ3v) is 4.98. The van der Waals surface area contributed by atoms with Crippen molar-refractivity contribution in [2.45, 2.75) is 38.6 Å². The summed E-state index contributed by atoms with van der Waals surface area (Å²) in [5.74, 6) is 3.63. The minimum atomic E-state index is 0.805. The summed E-state index contributed by atoms with van der Waals surface area (Å²) >= 11 is 2.12. The van der Waals surface area contributed by atoms with Gasteiger partial charge in [0.1, 0.15) is 0 Å². The van der Waals surface area contributed by atoms with E-state index in [0.29, 0.717) is 0 Å². The highest BCUT2D eigenvalue weighted by molar-refractivity contribution is 7.99. The van der Waals surface area contributed by atoms with Crippen LogP contribution in [-0.4, -0.2) is 48.6 Å². The molecule has 3 heteroatoms. The molecule has 0 saturated carbocycles. The molecule has 0 aromatic carbocycles. The smallest absolute Gasteiger partial charge is 0.0158 e. The van der Waals surface area contributed by atoms with Crippen LogP contribution >= 0.6 is 11.8 Å². The zero-order valence-corrected chi connectivity index (χ0v) is 11.4. The molecule has 2 rings (SSSR count). The van der Waals surface area contributed by atoms with Gasteiger partial charge in [0.25, 0.3) is 0 Å². The van der Waals surface area contributed by atoms with Gasteiger partial charge in [0.2, 0.25) is 0 Å². The Kier molecular flexibility index (Phi) is 5.46. The zero-order chi connectivity index (χ0) is 11.2. The van der Waals surface area contributed by atoms with E-state index < -0.39 is 0 Å². The predicted molar refractivity (Wildman–Crippen MR) is 73.2 cm³/mol. The van der Waals surface area contributed by atoms with E-state index in [4.69, 9.17) is 0 Å². The van der Waals surface area contributed by atoms with Gasteiger partial charge in [-0.3, -0.25) is 0 Å². The van der Waals surface area contributed by atoms with Crippen LogP contribution in [0.25, 0.3) is 0 Å². The number of hydrogen-bond donors (Lipinski definition) is 1. The Morgan fingerprint density at radius 1 is 1.38 bits per heavy atom. The van der Waals surface area contributed by atoms with Gasteiger partial charge < -0.3 is 10.2 Å². The fourth-order valence-corrected chi connectivity index (χ4v) is 3.94. The number of thioether (sulfide) groups is 1. The van der Waals surface area contributed by atoms with E-state index in [1.165, 1.54) is 63.4 Å². The van der Waals surface area contributed by atoms with Crippen LogP contribution in [0.15, 0.2) is 0 Å². The van der Waals surface area contributed by atoms with E-state index in [0.717, 1.165) is 12.0 Å². The number of nitrogens with one attached hydrogen (secondary N) is 1. The highest BCUT2D eigenvalue weighted by Crippen LogP contribution is 2.19. The van der Waals surface area contributed by atoms with Crippen molar-refractivity contribution in [3.8, 4) is 0 Å². The summed E-state index contributed by atoms with van der Waals surface area (Å²) in [4.78, 5) is 2.63. The van der Waals surface area contributed by atoms with Gasteiger partial charge in [0, 0.05) is 18.3 Å². The molecule has 0 spiro atoms. The molecule has 2 saturated heterocycles. The van der Waals surface area contributed by atoms with Crippen LogP contribution in [0.2, 0.25) is 0 Å². The lowest BCUT2D eigenvalue weighted by atomic mass is 10.1. The first-order valence-electron chi connectivity index (χ1n) is 6.92. The molecule has 2 atom stereocenters. The van der Waals surface area contributed by atoms with Crippen molar-refractivity contribution in [1.82, 2.24) is 10.2 Å².